The van der Waals surface area contributed by atoms with Crippen LogP contribution in [0.5, 0.6) is 0 Å². The fourth-order valence-electron chi connectivity index (χ4n) is 2.98. The second-order valence-corrected chi connectivity index (χ2v) is 5.89. The Kier molecular flexibility index (Phi) is 5.47. The molecule has 1 aromatic heterocycles. The molecule has 2 N–H and O–H groups in total. The molecule has 0 unspecified atom stereocenters. The van der Waals surface area contributed by atoms with Gasteiger partial charge >= 0.3 is 0 Å². The van der Waals surface area contributed by atoms with Crippen molar-refractivity contribution in [3.8, 4) is 0 Å². The number of rotatable bonds is 7. The maximum atomic E-state index is 11.0. The fraction of sp³-hybridized carbons (Fsp3) is 0.238. The lowest BCUT2D eigenvalue weighted by Crippen LogP contribution is -2.30. The summed E-state index contributed by atoms with van der Waals surface area (Å²) in [6.45, 7) is 2.11. The Hall–Kier alpha value is -2.36. The molecule has 0 aliphatic heterocycles. The lowest BCUT2D eigenvalue weighted by molar-refractivity contribution is 0.118. The Bertz CT molecular complexity index is 710. The van der Waals surface area contributed by atoms with E-state index >= 15 is 0 Å². The van der Waals surface area contributed by atoms with Gasteiger partial charge in [-0.15, -0.1) is 0 Å². The van der Waals surface area contributed by atoms with Gasteiger partial charge in [0, 0.05) is 0 Å². The number of hydrogen-bond acceptors (Lipinski definition) is 3. The summed E-state index contributed by atoms with van der Waals surface area (Å²) in [5.74, 6) is 0.888. The molecule has 24 heavy (non-hydrogen) atoms. The highest BCUT2D eigenvalue weighted by atomic mass is 16.3. The monoisotopic (exact) mass is 321 g/mol. The summed E-state index contributed by atoms with van der Waals surface area (Å²) in [4.78, 5) is 0. The molecule has 3 aromatic rings. The van der Waals surface area contributed by atoms with E-state index < -0.39 is 6.10 Å². The highest BCUT2D eigenvalue weighted by Crippen LogP contribution is 2.32. The van der Waals surface area contributed by atoms with Crippen molar-refractivity contribution in [3.63, 3.8) is 0 Å². The first kappa shape index (κ1) is 16.5. The number of nitrogens with one attached hydrogen (secondary N) is 1. The Balaban J connectivity index is 1.90. The Morgan fingerprint density at radius 2 is 1.50 bits per heavy atom. The predicted molar refractivity (Wildman–Crippen MR) is 95.5 cm³/mol. The average molecular weight is 321 g/mol. The minimum absolute atomic E-state index is 0.0450. The summed E-state index contributed by atoms with van der Waals surface area (Å²) < 4.78 is 5.56. The summed E-state index contributed by atoms with van der Waals surface area (Å²) in [7, 11) is 0. The predicted octanol–water partition coefficient (Wildman–Crippen LogP) is 4.80. The standard InChI is InChI=1S/C21H23NO2/c1-2-18(19-14-9-15-24-19)22-20(16-10-5-3-6-11-16)21(23)17-12-7-4-8-13-17/h3-15,18,20-23H,2H2,1H3/t18-,20-,21+/m1/s1. The first-order valence-electron chi connectivity index (χ1n) is 8.37. The molecule has 3 heteroatoms. The second kappa shape index (κ2) is 7.95. The van der Waals surface area contributed by atoms with Gasteiger partial charge in [0.15, 0.2) is 0 Å². The summed E-state index contributed by atoms with van der Waals surface area (Å²) in [5, 5.41) is 14.6. The Morgan fingerprint density at radius 3 is 2.04 bits per heavy atom. The normalized spacial score (nSPS) is 14.9. The minimum atomic E-state index is -0.641. The third kappa shape index (κ3) is 3.75. The van der Waals surface area contributed by atoms with Crippen molar-refractivity contribution in [3.05, 3.63) is 95.9 Å². The third-order valence-electron chi connectivity index (χ3n) is 4.29. The van der Waals surface area contributed by atoms with Crippen LogP contribution >= 0.6 is 0 Å². The van der Waals surface area contributed by atoms with Gasteiger partial charge < -0.3 is 9.52 Å². The molecule has 0 aliphatic carbocycles. The lowest BCUT2D eigenvalue weighted by atomic mass is 9.94. The van der Waals surface area contributed by atoms with Gasteiger partial charge in [-0.05, 0) is 29.7 Å². The van der Waals surface area contributed by atoms with Gasteiger partial charge in [-0.25, -0.2) is 0 Å². The molecule has 0 aliphatic rings. The molecule has 3 nitrogen and oxygen atoms in total. The lowest BCUT2D eigenvalue weighted by Gasteiger charge is -2.29. The van der Waals surface area contributed by atoms with Crippen molar-refractivity contribution < 1.29 is 9.52 Å². The van der Waals surface area contributed by atoms with Gasteiger partial charge in [-0.3, -0.25) is 5.32 Å². The van der Waals surface area contributed by atoms with E-state index in [0.717, 1.165) is 23.3 Å². The van der Waals surface area contributed by atoms with Gasteiger partial charge in [0.2, 0.25) is 0 Å². The zero-order valence-corrected chi connectivity index (χ0v) is 13.8. The van der Waals surface area contributed by atoms with Crippen LogP contribution in [-0.4, -0.2) is 5.11 Å². The van der Waals surface area contributed by atoms with Crippen LogP contribution in [0.3, 0.4) is 0 Å². The van der Waals surface area contributed by atoms with E-state index in [-0.39, 0.29) is 12.1 Å². The van der Waals surface area contributed by atoms with Crippen LogP contribution in [0.25, 0.3) is 0 Å². The van der Waals surface area contributed by atoms with Gasteiger partial charge in [0.25, 0.3) is 0 Å². The highest BCUT2D eigenvalue weighted by Gasteiger charge is 2.26. The molecular formula is C21H23NO2. The van der Waals surface area contributed by atoms with E-state index in [1.54, 1.807) is 6.26 Å². The van der Waals surface area contributed by atoms with Crippen LogP contribution in [0.4, 0.5) is 0 Å². The van der Waals surface area contributed by atoms with E-state index in [0.29, 0.717) is 0 Å². The molecule has 0 saturated heterocycles. The zero-order chi connectivity index (χ0) is 16.8. The van der Waals surface area contributed by atoms with Gasteiger partial charge in [0.1, 0.15) is 5.76 Å². The van der Waals surface area contributed by atoms with E-state index in [1.807, 2.05) is 72.8 Å². The molecule has 124 valence electrons. The largest absolute Gasteiger partial charge is 0.468 e. The topological polar surface area (TPSA) is 45.4 Å². The van der Waals surface area contributed by atoms with E-state index in [4.69, 9.17) is 4.42 Å². The third-order valence-corrected chi connectivity index (χ3v) is 4.29. The molecule has 3 rings (SSSR count). The quantitative estimate of drug-likeness (QED) is 0.657. The average Bonchev–Trinajstić information content (AvgIpc) is 3.18. The van der Waals surface area contributed by atoms with E-state index in [1.165, 1.54) is 0 Å². The van der Waals surface area contributed by atoms with Gasteiger partial charge in [-0.2, -0.15) is 0 Å². The van der Waals surface area contributed by atoms with Crippen molar-refractivity contribution in [1.29, 1.82) is 0 Å². The Morgan fingerprint density at radius 1 is 0.875 bits per heavy atom. The maximum Gasteiger partial charge on any atom is 0.120 e. The number of aliphatic hydroxyl groups excluding tert-OH is 1. The fourth-order valence-corrected chi connectivity index (χ4v) is 2.98. The number of furan rings is 1. The van der Waals surface area contributed by atoms with Crippen molar-refractivity contribution in [2.75, 3.05) is 0 Å². The van der Waals surface area contributed by atoms with Crippen LogP contribution in [0.2, 0.25) is 0 Å². The Labute approximate surface area is 143 Å². The highest BCUT2D eigenvalue weighted by molar-refractivity contribution is 5.26. The SMILES string of the molecule is CC[C@@H](N[C@H](c1ccccc1)[C@@H](O)c1ccccc1)c1ccco1. The van der Waals surface area contributed by atoms with Crippen molar-refractivity contribution in [2.24, 2.45) is 0 Å². The van der Waals surface area contributed by atoms with Crippen LogP contribution in [-0.2, 0) is 0 Å². The van der Waals surface area contributed by atoms with Crippen LogP contribution in [0.15, 0.2) is 83.5 Å². The van der Waals surface area contributed by atoms with Crippen molar-refractivity contribution in [1.82, 2.24) is 5.32 Å². The van der Waals surface area contributed by atoms with E-state index in [2.05, 4.69) is 12.2 Å². The van der Waals surface area contributed by atoms with Crippen LogP contribution < -0.4 is 5.32 Å². The van der Waals surface area contributed by atoms with Gasteiger partial charge in [0.05, 0.1) is 24.5 Å². The first-order valence-corrected chi connectivity index (χ1v) is 8.37. The molecular weight excluding hydrogens is 298 g/mol. The summed E-state index contributed by atoms with van der Waals surface area (Å²) in [6.07, 6.45) is 1.92. The second-order valence-electron chi connectivity index (χ2n) is 5.89. The number of benzene rings is 2. The summed E-state index contributed by atoms with van der Waals surface area (Å²) in [6, 6.07) is 23.5. The van der Waals surface area contributed by atoms with Gasteiger partial charge in [-0.1, -0.05) is 67.6 Å². The number of aliphatic hydroxyl groups is 1. The molecule has 2 aromatic carbocycles. The molecule has 0 saturated carbocycles. The van der Waals surface area contributed by atoms with E-state index in [9.17, 15) is 5.11 Å². The molecule has 0 spiro atoms. The zero-order valence-electron chi connectivity index (χ0n) is 13.8. The minimum Gasteiger partial charge on any atom is -0.468 e. The summed E-state index contributed by atoms with van der Waals surface area (Å²) >= 11 is 0. The summed E-state index contributed by atoms with van der Waals surface area (Å²) in [5.41, 5.74) is 1.95. The molecule has 0 fully saturated rings. The first-order chi connectivity index (χ1) is 11.8. The smallest absolute Gasteiger partial charge is 0.120 e. The molecule has 0 radical (unpaired) electrons. The van der Waals surface area contributed by atoms with Crippen molar-refractivity contribution in [2.45, 2.75) is 31.5 Å². The molecule has 3 atom stereocenters. The maximum absolute atomic E-state index is 11.0. The molecule has 0 amide bonds. The van der Waals surface area contributed by atoms with Crippen LogP contribution in [0, 0.1) is 0 Å². The molecule has 0 bridgehead atoms. The molecule has 1 heterocycles. The number of hydrogen-bond donors (Lipinski definition) is 2. The van der Waals surface area contributed by atoms with Crippen molar-refractivity contribution >= 4 is 0 Å². The van der Waals surface area contributed by atoms with Crippen LogP contribution in [0.1, 0.15) is 48.4 Å².